The van der Waals surface area contributed by atoms with Gasteiger partial charge < -0.3 is 4.90 Å². The zero-order chi connectivity index (χ0) is 18.2. The zero-order valence-electron chi connectivity index (χ0n) is 16.0. The van der Waals surface area contributed by atoms with Crippen molar-refractivity contribution in [1.29, 1.82) is 0 Å². The van der Waals surface area contributed by atoms with Gasteiger partial charge in [0.15, 0.2) is 0 Å². The molecule has 136 valence electrons. The van der Waals surface area contributed by atoms with Crippen molar-refractivity contribution in [3.63, 3.8) is 0 Å². The fourth-order valence-electron chi connectivity index (χ4n) is 5.53. The summed E-state index contributed by atoms with van der Waals surface area (Å²) in [4.78, 5) is 16.2. The number of Topliss-reactive ketones (excluding diaryl/α,β-unsaturated/α-hetero) is 1. The van der Waals surface area contributed by atoms with Gasteiger partial charge in [0, 0.05) is 13.0 Å². The largest absolute Gasteiger partial charge is 0.306 e. The zero-order valence-corrected chi connectivity index (χ0v) is 16.0. The van der Waals surface area contributed by atoms with Crippen LogP contribution in [0.25, 0.3) is 0 Å². The van der Waals surface area contributed by atoms with Crippen LogP contribution in [-0.4, -0.2) is 30.8 Å². The molecule has 0 aromatic heterocycles. The minimum Gasteiger partial charge on any atom is -0.306 e. The van der Waals surface area contributed by atoms with Crippen molar-refractivity contribution in [3.8, 4) is 0 Å². The topological polar surface area (TPSA) is 20.3 Å². The lowest BCUT2D eigenvalue weighted by Gasteiger charge is -2.57. The van der Waals surface area contributed by atoms with E-state index in [4.69, 9.17) is 0 Å². The Morgan fingerprint density at radius 1 is 1.04 bits per heavy atom. The Balaban J connectivity index is 1.72. The molecule has 1 fully saturated rings. The standard InChI is InChI=1S/C24H29NO/c1-23-15-14-20-10-6-7-11-21(20)24(23,16-17-25(2)18-23)22(26)13-12-19-8-4-3-5-9-19/h3-11H,12-18H2,1-2H3/t23-,24-/m0/s1. The van der Waals surface area contributed by atoms with Gasteiger partial charge >= 0.3 is 0 Å². The van der Waals surface area contributed by atoms with Crippen LogP contribution in [0.5, 0.6) is 0 Å². The predicted octanol–water partition coefficient (Wildman–Crippen LogP) is 4.41. The molecule has 1 heterocycles. The third kappa shape index (κ3) is 2.72. The molecule has 0 spiro atoms. The number of piperidine rings is 1. The summed E-state index contributed by atoms with van der Waals surface area (Å²) in [5, 5.41) is 0. The maximum Gasteiger partial charge on any atom is 0.144 e. The molecule has 0 N–H and O–H groups in total. The number of hydrogen-bond acceptors (Lipinski definition) is 2. The number of carbonyl (C=O) groups is 1. The average molecular weight is 348 g/mol. The van der Waals surface area contributed by atoms with Gasteiger partial charge in [-0.15, -0.1) is 0 Å². The van der Waals surface area contributed by atoms with Gasteiger partial charge in [-0.1, -0.05) is 61.5 Å². The van der Waals surface area contributed by atoms with Crippen molar-refractivity contribution in [1.82, 2.24) is 4.90 Å². The monoisotopic (exact) mass is 347 g/mol. The molecule has 4 rings (SSSR count). The van der Waals surface area contributed by atoms with Crippen molar-refractivity contribution >= 4 is 5.78 Å². The van der Waals surface area contributed by atoms with E-state index < -0.39 is 0 Å². The second-order valence-electron chi connectivity index (χ2n) is 8.52. The molecule has 1 saturated heterocycles. The van der Waals surface area contributed by atoms with Gasteiger partial charge in [0.25, 0.3) is 0 Å². The van der Waals surface area contributed by atoms with Gasteiger partial charge in [0.1, 0.15) is 5.78 Å². The van der Waals surface area contributed by atoms with Crippen LogP contribution in [0.3, 0.4) is 0 Å². The first-order valence-electron chi connectivity index (χ1n) is 9.89. The van der Waals surface area contributed by atoms with E-state index in [9.17, 15) is 4.79 Å². The van der Waals surface area contributed by atoms with Crippen molar-refractivity contribution < 1.29 is 4.79 Å². The number of ketones is 1. The summed E-state index contributed by atoms with van der Waals surface area (Å²) in [6.45, 7) is 4.37. The van der Waals surface area contributed by atoms with Crippen LogP contribution in [0.2, 0.25) is 0 Å². The highest BCUT2D eigenvalue weighted by Crippen LogP contribution is 2.55. The van der Waals surface area contributed by atoms with Gasteiger partial charge in [0.05, 0.1) is 5.41 Å². The molecule has 2 nitrogen and oxygen atoms in total. The predicted molar refractivity (Wildman–Crippen MR) is 106 cm³/mol. The van der Waals surface area contributed by atoms with Crippen molar-refractivity contribution in [2.45, 2.75) is 44.4 Å². The average Bonchev–Trinajstić information content (AvgIpc) is 2.66. The summed E-state index contributed by atoms with van der Waals surface area (Å²) < 4.78 is 0. The van der Waals surface area contributed by atoms with E-state index >= 15 is 0 Å². The highest BCUT2D eigenvalue weighted by molar-refractivity contribution is 5.92. The highest BCUT2D eigenvalue weighted by Gasteiger charge is 2.58. The maximum atomic E-state index is 13.8. The van der Waals surface area contributed by atoms with E-state index in [1.165, 1.54) is 16.7 Å². The molecule has 0 radical (unpaired) electrons. The van der Waals surface area contributed by atoms with Gasteiger partial charge in [-0.2, -0.15) is 0 Å². The number of fused-ring (bicyclic) bond motifs is 3. The lowest BCUT2D eigenvalue weighted by atomic mass is 9.49. The van der Waals surface area contributed by atoms with Crippen molar-refractivity contribution in [2.75, 3.05) is 20.1 Å². The second kappa shape index (κ2) is 6.66. The number of carbonyl (C=O) groups excluding carboxylic acids is 1. The maximum absolute atomic E-state index is 13.8. The van der Waals surface area contributed by atoms with E-state index in [0.29, 0.717) is 12.2 Å². The van der Waals surface area contributed by atoms with Gasteiger partial charge in [-0.3, -0.25) is 4.79 Å². The first-order valence-corrected chi connectivity index (χ1v) is 9.89. The molecule has 2 aromatic carbocycles. The Bertz CT molecular complexity index is 799. The van der Waals surface area contributed by atoms with Crippen LogP contribution in [0.15, 0.2) is 54.6 Å². The smallest absolute Gasteiger partial charge is 0.144 e. The second-order valence-corrected chi connectivity index (χ2v) is 8.52. The molecular weight excluding hydrogens is 318 g/mol. The summed E-state index contributed by atoms with van der Waals surface area (Å²) in [6.07, 6.45) is 4.62. The molecule has 0 bridgehead atoms. The molecule has 0 saturated carbocycles. The third-order valence-electron chi connectivity index (χ3n) is 6.90. The normalized spacial score (nSPS) is 28.2. The van der Waals surface area contributed by atoms with Crippen LogP contribution >= 0.6 is 0 Å². The lowest BCUT2D eigenvalue weighted by molar-refractivity contribution is -0.134. The number of nitrogens with zero attached hydrogens (tertiary/aromatic N) is 1. The Hall–Kier alpha value is -1.93. The van der Waals surface area contributed by atoms with E-state index in [0.717, 1.165) is 38.8 Å². The van der Waals surface area contributed by atoms with E-state index in [1.807, 2.05) is 6.07 Å². The molecule has 26 heavy (non-hydrogen) atoms. The lowest BCUT2D eigenvalue weighted by Crippen LogP contribution is -2.61. The number of likely N-dealkylation sites (tertiary alicyclic amines) is 1. The molecule has 1 aliphatic heterocycles. The van der Waals surface area contributed by atoms with Gasteiger partial charge in [-0.25, -0.2) is 0 Å². The summed E-state index contributed by atoms with van der Waals surface area (Å²) in [6, 6.07) is 19.1. The van der Waals surface area contributed by atoms with Crippen molar-refractivity contribution in [3.05, 3.63) is 71.3 Å². The molecule has 2 atom stereocenters. The Kier molecular flexibility index (Phi) is 4.48. The quantitative estimate of drug-likeness (QED) is 0.816. The molecule has 1 aliphatic carbocycles. The van der Waals surface area contributed by atoms with E-state index in [-0.39, 0.29) is 10.8 Å². The molecule has 0 unspecified atom stereocenters. The Morgan fingerprint density at radius 3 is 2.58 bits per heavy atom. The highest BCUT2D eigenvalue weighted by atomic mass is 16.1. The number of rotatable bonds is 4. The molecule has 0 amide bonds. The van der Waals surface area contributed by atoms with Crippen LogP contribution in [0, 0.1) is 5.41 Å². The molecule has 2 aromatic rings. The summed E-state index contributed by atoms with van der Waals surface area (Å²) in [7, 11) is 2.20. The van der Waals surface area contributed by atoms with Crippen LogP contribution in [0.4, 0.5) is 0 Å². The van der Waals surface area contributed by atoms with Crippen LogP contribution in [-0.2, 0) is 23.1 Å². The minimum atomic E-state index is -0.316. The fourth-order valence-corrected chi connectivity index (χ4v) is 5.53. The Morgan fingerprint density at radius 2 is 1.77 bits per heavy atom. The fraction of sp³-hybridized carbons (Fsp3) is 0.458. The van der Waals surface area contributed by atoms with Gasteiger partial charge in [-0.05, 0) is 61.4 Å². The summed E-state index contributed by atoms with van der Waals surface area (Å²) in [5.41, 5.74) is 3.68. The summed E-state index contributed by atoms with van der Waals surface area (Å²) >= 11 is 0. The SMILES string of the molecule is CN1CC[C@@]2(C(=O)CCc3ccccc3)c3ccccc3CC[C@@]2(C)C1. The minimum absolute atomic E-state index is 0.0299. The number of aryl methyl sites for hydroxylation is 2. The summed E-state index contributed by atoms with van der Waals surface area (Å²) in [5.74, 6) is 0.448. The van der Waals surface area contributed by atoms with Crippen molar-refractivity contribution in [2.24, 2.45) is 5.41 Å². The van der Waals surface area contributed by atoms with Gasteiger partial charge in [0.2, 0.25) is 0 Å². The molecule has 2 aliphatic rings. The van der Waals surface area contributed by atoms with E-state index in [1.54, 1.807) is 0 Å². The molecular formula is C24H29NO. The first kappa shape index (κ1) is 17.5. The number of benzene rings is 2. The third-order valence-corrected chi connectivity index (χ3v) is 6.90. The van der Waals surface area contributed by atoms with Crippen LogP contribution in [0.1, 0.15) is 42.9 Å². The van der Waals surface area contributed by atoms with E-state index in [2.05, 4.69) is 67.4 Å². The first-order chi connectivity index (χ1) is 12.6. The Labute approximate surface area is 157 Å². The molecule has 2 heteroatoms. The number of hydrogen-bond donors (Lipinski definition) is 0. The van der Waals surface area contributed by atoms with Crippen LogP contribution < -0.4 is 0 Å².